The molecule has 1 aliphatic rings. The van der Waals surface area contributed by atoms with Gasteiger partial charge in [0.25, 0.3) is 0 Å². The third kappa shape index (κ3) is 6.71. The first-order chi connectivity index (χ1) is 19.1. The lowest BCUT2D eigenvalue weighted by Gasteiger charge is -2.27. The monoisotopic (exact) mass is 564 g/mol. The van der Waals surface area contributed by atoms with Crippen LogP contribution in [0.3, 0.4) is 0 Å². The first-order valence-corrected chi connectivity index (χ1v) is 14.9. The fraction of sp³-hybridized carbons (Fsp3) is 0.355. The molecule has 0 bridgehead atoms. The number of carbonyl (C=O) groups excluding carboxylic acids is 2. The molecule has 0 spiro atoms. The molecule has 0 atom stereocenters. The lowest BCUT2D eigenvalue weighted by atomic mass is 9.84. The van der Waals surface area contributed by atoms with Crippen LogP contribution in [0.2, 0.25) is 0 Å². The number of hydrogen-bond acceptors (Lipinski definition) is 6. The van der Waals surface area contributed by atoms with Crippen LogP contribution in [0.5, 0.6) is 5.75 Å². The molecule has 1 amide bonds. The average Bonchev–Trinajstić information content (AvgIpc) is 2.96. The molecule has 212 valence electrons. The van der Waals surface area contributed by atoms with Crippen molar-refractivity contribution in [1.29, 1.82) is 0 Å². The van der Waals surface area contributed by atoms with Gasteiger partial charge in [-0.1, -0.05) is 61.2 Å². The number of aromatic hydroxyl groups is 1. The zero-order valence-corrected chi connectivity index (χ0v) is 24.0. The maximum atomic E-state index is 13.7. The third-order valence-corrected chi connectivity index (χ3v) is 9.30. The fourth-order valence-electron chi connectivity index (χ4n) is 5.05. The van der Waals surface area contributed by atoms with E-state index in [-0.39, 0.29) is 22.8 Å². The molecule has 3 aromatic carbocycles. The topological polar surface area (TPSA) is 104 Å². The van der Waals surface area contributed by atoms with Gasteiger partial charge in [-0.2, -0.15) is 4.31 Å². The summed E-state index contributed by atoms with van der Waals surface area (Å²) in [6.45, 7) is 1.59. The highest BCUT2D eigenvalue weighted by Crippen LogP contribution is 2.33. The number of carbonyl (C=O) groups is 2. The second-order valence-corrected chi connectivity index (χ2v) is 12.4. The Bertz CT molecular complexity index is 1450. The van der Waals surface area contributed by atoms with Crippen LogP contribution in [0.4, 0.5) is 5.69 Å². The van der Waals surface area contributed by atoms with Crippen molar-refractivity contribution in [3.05, 3.63) is 89.0 Å². The minimum Gasteiger partial charge on any atom is -0.507 e. The number of benzene rings is 3. The first kappa shape index (κ1) is 29.3. The molecule has 0 heterocycles. The molecule has 4 rings (SSSR count). The zero-order chi connectivity index (χ0) is 28.9. The van der Waals surface area contributed by atoms with Crippen molar-refractivity contribution in [2.75, 3.05) is 25.6 Å². The van der Waals surface area contributed by atoms with Gasteiger partial charge in [-0.15, -0.1) is 0 Å². The third-order valence-electron chi connectivity index (χ3n) is 7.48. The summed E-state index contributed by atoms with van der Waals surface area (Å²) < 4.78 is 32.1. The van der Waals surface area contributed by atoms with Crippen LogP contribution in [0.15, 0.2) is 71.6 Å². The Morgan fingerprint density at radius 2 is 1.60 bits per heavy atom. The average molecular weight is 565 g/mol. The molecule has 1 N–H and O–H groups in total. The van der Waals surface area contributed by atoms with Gasteiger partial charge in [0.05, 0.1) is 25.1 Å². The molecule has 0 unspecified atom stereocenters. The maximum Gasteiger partial charge on any atom is 0.341 e. The van der Waals surface area contributed by atoms with Crippen LogP contribution in [0, 0.1) is 6.92 Å². The Morgan fingerprint density at radius 1 is 0.950 bits per heavy atom. The van der Waals surface area contributed by atoms with E-state index in [0.29, 0.717) is 11.6 Å². The van der Waals surface area contributed by atoms with E-state index in [2.05, 4.69) is 12.1 Å². The van der Waals surface area contributed by atoms with Crippen LogP contribution >= 0.6 is 0 Å². The molecule has 3 aromatic rings. The summed E-state index contributed by atoms with van der Waals surface area (Å²) >= 11 is 0. The highest BCUT2D eigenvalue weighted by Gasteiger charge is 2.27. The van der Waals surface area contributed by atoms with Crippen molar-refractivity contribution < 1.29 is 27.9 Å². The Kier molecular flexibility index (Phi) is 9.27. The second kappa shape index (κ2) is 12.7. The van der Waals surface area contributed by atoms with Crippen molar-refractivity contribution in [3.8, 4) is 5.75 Å². The molecule has 0 saturated heterocycles. The van der Waals surface area contributed by atoms with E-state index < -0.39 is 28.4 Å². The minimum atomic E-state index is -3.92. The highest BCUT2D eigenvalue weighted by molar-refractivity contribution is 7.89. The largest absolute Gasteiger partial charge is 0.507 e. The summed E-state index contributed by atoms with van der Waals surface area (Å²) in [5, 5.41) is 10.2. The van der Waals surface area contributed by atoms with Gasteiger partial charge in [0.2, 0.25) is 15.9 Å². The van der Waals surface area contributed by atoms with Crippen LogP contribution in [0.25, 0.3) is 0 Å². The molecule has 1 fully saturated rings. The number of rotatable bonds is 9. The minimum absolute atomic E-state index is 0.0916. The summed E-state index contributed by atoms with van der Waals surface area (Å²) in [4.78, 5) is 27.4. The molecule has 1 saturated carbocycles. The number of hydrogen-bond donors (Lipinski definition) is 1. The molecule has 40 heavy (non-hydrogen) atoms. The number of phenols is 1. The Morgan fingerprint density at radius 3 is 2.23 bits per heavy atom. The Balaban J connectivity index is 1.62. The molecular formula is C31H36N2O6S. The number of sulfonamides is 1. The summed E-state index contributed by atoms with van der Waals surface area (Å²) in [5.41, 5.74) is 3.30. The quantitative estimate of drug-likeness (QED) is 0.350. The number of aryl methyl sites for hydroxylation is 1. The van der Waals surface area contributed by atoms with E-state index in [1.165, 1.54) is 87.1 Å². The second-order valence-electron chi connectivity index (χ2n) is 10.3. The van der Waals surface area contributed by atoms with Crippen molar-refractivity contribution in [3.63, 3.8) is 0 Å². The molecule has 0 radical (unpaired) electrons. The normalized spacial score (nSPS) is 14.2. The number of anilines is 1. The summed E-state index contributed by atoms with van der Waals surface area (Å²) in [6, 6.07) is 18.8. The van der Waals surface area contributed by atoms with Crippen LogP contribution in [-0.4, -0.2) is 50.4 Å². The number of methoxy groups -OCH3 is 1. The van der Waals surface area contributed by atoms with Gasteiger partial charge in [-0.05, 0) is 67.1 Å². The van der Waals surface area contributed by atoms with E-state index in [1.54, 1.807) is 12.1 Å². The van der Waals surface area contributed by atoms with E-state index in [0.717, 1.165) is 15.4 Å². The number of ether oxygens (including phenoxy) is 1. The lowest BCUT2D eigenvalue weighted by Crippen LogP contribution is -2.41. The number of esters is 1. The van der Waals surface area contributed by atoms with Crippen molar-refractivity contribution in [2.45, 2.75) is 56.4 Å². The molecule has 0 aromatic heterocycles. The predicted molar refractivity (Wildman–Crippen MR) is 154 cm³/mol. The predicted octanol–water partition coefficient (Wildman–Crippen LogP) is 5.39. The SMILES string of the molecule is COC(=O)c1cc(N(Cc2ccc(C3CCCCC3)cc2)C(=O)CN(C)S(=O)(=O)c2ccc(C)cc2)ccc1O. The highest BCUT2D eigenvalue weighted by atomic mass is 32.2. The van der Waals surface area contributed by atoms with Gasteiger partial charge in [-0.25, -0.2) is 13.2 Å². The molecule has 8 nitrogen and oxygen atoms in total. The summed E-state index contributed by atoms with van der Waals surface area (Å²) in [5.74, 6) is -0.974. The van der Waals surface area contributed by atoms with Gasteiger partial charge in [0.15, 0.2) is 0 Å². The Hall–Kier alpha value is -3.69. The van der Waals surface area contributed by atoms with Crippen LogP contribution < -0.4 is 4.90 Å². The van der Waals surface area contributed by atoms with Crippen LogP contribution in [-0.2, 0) is 26.1 Å². The van der Waals surface area contributed by atoms with E-state index in [4.69, 9.17) is 4.74 Å². The van der Waals surface area contributed by atoms with Crippen molar-refractivity contribution in [2.24, 2.45) is 0 Å². The zero-order valence-electron chi connectivity index (χ0n) is 23.2. The number of likely N-dealkylation sites (N-methyl/N-ethyl adjacent to an activating group) is 1. The molecule has 0 aliphatic heterocycles. The van der Waals surface area contributed by atoms with Crippen molar-refractivity contribution >= 4 is 27.6 Å². The smallest absolute Gasteiger partial charge is 0.341 e. The van der Waals surface area contributed by atoms with Gasteiger partial charge in [0.1, 0.15) is 11.3 Å². The van der Waals surface area contributed by atoms with Gasteiger partial charge in [-0.3, -0.25) is 4.79 Å². The van der Waals surface area contributed by atoms with Gasteiger partial charge in [0, 0.05) is 12.7 Å². The van der Waals surface area contributed by atoms with Gasteiger partial charge < -0.3 is 14.7 Å². The molecular weight excluding hydrogens is 528 g/mol. The van der Waals surface area contributed by atoms with Crippen LogP contribution in [0.1, 0.15) is 65.1 Å². The number of phenolic OH excluding ortho intramolecular Hbond substituents is 1. The fourth-order valence-corrected chi connectivity index (χ4v) is 6.17. The lowest BCUT2D eigenvalue weighted by molar-refractivity contribution is -0.118. The molecule has 1 aliphatic carbocycles. The molecule has 9 heteroatoms. The van der Waals surface area contributed by atoms with E-state index in [9.17, 15) is 23.1 Å². The summed E-state index contributed by atoms with van der Waals surface area (Å²) in [6.07, 6.45) is 6.10. The van der Waals surface area contributed by atoms with Crippen molar-refractivity contribution in [1.82, 2.24) is 4.31 Å². The van der Waals surface area contributed by atoms with Gasteiger partial charge >= 0.3 is 5.97 Å². The summed E-state index contributed by atoms with van der Waals surface area (Å²) in [7, 11) is -1.35. The van der Waals surface area contributed by atoms with E-state index in [1.807, 2.05) is 19.1 Å². The Labute approximate surface area is 236 Å². The number of nitrogens with zero attached hydrogens (tertiary/aromatic N) is 2. The maximum absolute atomic E-state index is 13.7. The first-order valence-electron chi connectivity index (χ1n) is 13.4. The van der Waals surface area contributed by atoms with E-state index >= 15 is 0 Å². The standard InChI is InChI=1S/C31H36N2O6S/c1-22-9-16-27(17-10-22)40(37,38)32(2)21-30(35)33(26-15-18-29(34)28(19-26)31(36)39-3)20-23-11-13-25(14-12-23)24-7-5-4-6-8-24/h9-19,24,34H,4-8,20-21H2,1-3H3. The number of amides is 1.